The fraction of sp³-hybridized carbons (Fsp3) is 0.500. The molecule has 3 aliphatic heterocycles. The third-order valence-corrected chi connectivity index (χ3v) is 7.33. The number of amides is 1. The Morgan fingerprint density at radius 2 is 1.94 bits per heavy atom. The predicted molar refractivity (Wildman–Crippen MR) is 123 cm³/mol. The molecule has 5 rings (SSSR count). The molecule has 1 N–H and O–H groups in total. The lowest BCUT2D eigenvalue weighted by Gasteiger charge is -2.39. The number of ether oxygens (including phenoxy) is 1. The van der Waals surface area contributed by atoms with Gasteiger partial charge in [-0.05, 0) is 48.6 Å². The quantitative estimate of drug-likeness (QED) is 0.824. The molecule has 2 atom stereocenters. The number of rotatable bonds is 4. The maximum atomic E-state index is 12.4. The molecule has 2 aromatic carbocycles. The molecule has 0 aromatic heterocycles. The number of hydrogen-bond acceptors (Lipinski definition) is 4. The molecule has 3 fully saturated rings. The number of likely N-dealkylation sites (tertiary alicyclic amines) is 1. The van der Waals surface area contributed by atoms with Gasteiger partial charge in [-0.3, -0.25) is 9.69 Å². The summed E-state index contributed by atoms with van der Waals surface area (Å²) in [5.74, 6) is 0.547. The highest BCUT2D eigenvalue weighted by atomic mass is 16.5. The monoisotopic (exact) mass is 419 g/mol. The normalized spacial score (nSPS) is 26.9. The van der Waals surface area contributed by atoms with Crippen LogP contribution in [0.1, 0.15) is 41.9 Å². The number of aryl methyl sites for hydroxylation is 1. The Morgan fingerprint density at radius 1 is 1.13 bits per heavy atom. The number of carbonyl (C=O) groups is 1. The molecule has 31 heavy (non-hydrogen) atoms. The molecule has 0 bridgehead atoms. The van der Waals surface area contributed by atoms with Crippen molar-refractivity contribution in [2.45, 2.75) is 44.2 Å². The Labute approximate surface area is 185 Å². The van der Waals surface area contributed by atoms with Gasteiger partial charge in [-0.1, -0.05) is 36.4 Å². The second kappa shape index (κ2) is 8.64. The van der Waals surface area contributed by atoms with E-state index in [-0.39, 0.29) is 11.4 Å². The molecule has 0 aliphatic carbocycles. The van der Waals surface area contributed by atoms with Crippen molar-refractivity contribution < 1.29 is 9.53 Å². The smallest absolute Gasteiger partial charge is 0.220 e. The largest absolute Gasteiger partial charge is 0.378 e. The standard InChI is InChI=1S/C26H33N3O2/c1-20-16-23(29-12-14-31-15-13-29)10-9-22(20)17-28-18-24(21-6-3-2-4-7-21)26(19-28)11-5-8-25(30)27-26/h2-4,6-7,9-10,16,24H,5,8,11-15,17-19H2,1H3,(H,27,30)/t24-,26+/m0/s1. The molecule has 1 spiro atoms. The van der Waals surface area contributed by atoms with Crippen LogP contribution in [-0.2, 0) is 16.1 Å². The van der Waals surface area contributed by atoms with Crippen molar-refractivity contribution in [3.05, 3.63) is 65.2 Å². The zero-order valence-corrected chi connectivity index (χ0v) is 18.5. The molecular weight excluding hydrogens is 386 g/mol. The maximum absolute atomic E-state index is 12.4. The van der Waals surface area contributed by atoms with Gasteiger partial charge >= 0.3 is 0 Å². The van der Waals surface area contributed by atoms with E-state index in [1.807, 2.05) is 0 Å². The molecular formula is C26H33N3O2. The first-order valence-corrected chi connectivity index (χ1v) is 11.6. The molecule has 1 amide bonds. The summed E-state index contributed by atoms with van der Waals surface area (Å²) in [6.45, 7) is 8.60. The Bertz CT molecular complexity index is 926. The third-order valence-electron chi connectivity index (χ3n) is 7.33. The number of nitrogens with one attached hydrogen (secondary N) is 1. The molecule has 3 saturated heterocycles. The van der Waals surface area contributed by atoms with Gasteiger partial charge in [-0.2, -0.15) is 0 Å². The minimum absolute atomic E-state index is 0.141. The van der Waals surface area contributed by atoms with Crippen LogP contribution in [0.5, 0.6) is 0 Å². The van der Waals surface area contributed by atoms with Crippen molar-refractivity contribution in [1.29, 1.82) is 0 Å². The molecule has 0 unspecified atom stereocenters. The van der Waals surface area contributed by atoms with Crippen molar-refractivity contribution in [3.63, 3.8) is 0 Å². The van der Waals surface area contributed by atoms with E-state index in [9.17, 15) is 4.79 Å². The molecule has 3 aliphatic rings. The third kappa shape index (κ3) is 4.21. The summed E-state index contributed by atoms with van der Waals surface area (Å²) in [6, 6.07) is 17.6. The van der Waals surface area contributed by atoms with Crippen LogP contribution in [0.4, 0.5) is 5.69 Å². The summed E-state index contributed by atoms with van der Waals surface area (Å²) >= 11 is 0. The van der Waals surface area contributed by atoms with Crippen LogP contribution in [0.15, 0.2) is 48.5 Å². The van der Waals surface area contributed by atoms with E-state index >= 15 is 0 Å². The predicted octanol–water partition coefficient (Wildman–Crippen LogP) is 3.47. The zero-order chi connectivity index (χ0) is 21.3. The van der Waals surface area contributed by atoms with Gasteiger partial charge in [0.2, 0.25) is 5.91 Å². The summed E-state index contributed by atoms with van der Waals surface area (Å²) < 4.78 is 5.49. The Balaban J connectivity index is 1.35. The Kier molecular flexibility index (Phi) is 5.72. The molecule has 2 aromatic rings. The van der Waals surface area contributed by atoms with Crippen molar-refractivity contribution >= 4 is 11.6 Å². The van der Waals surface area contributed by atoms with Crippen LogP contribution in [0, 0.1) is 6.92 Å². The number of piperidine rings is 1. The number of carbonyl (C=O) groups excluding carboxylic acids is 1. The van der Waals surface area contributed by atoms with E-state index in [1.165, 1.54) is 22.4 Å². The highest BCUT2D eigenvalue weighted by Crippen LogP contribution is 2.42. The number of morpholine rings is 1. The van der Waals surface area contributed by atoms with Gasteiger partial charge in [0.1, 0.15) is 0 Å². The first-order valence-electron chi connectivity index (χ1n) is 11.6. The van der Waals surface area contributed by atoms with Crippen LogP contribution in [0.2, 0.25) is 0 Å². The van der Waals surface area contributed by atoms with Crippen molar-refractivity contribution in [3.8, 4) is 0 Å². The Hall–Kier alpha value is -2.37. The molecule has 3 heterocycles. The average molecular weight is 420 g/mol. The molecule has 0 saturated carbocycles. The van der Waals surface area contributed by atoms with E-state index in [1.54, 1.807) is 0 Å². The van der Waals surface area contributed by atoms with Crippen molar-refractivity contribution in [2.75, 3.05) is 44.3 Å². The van der Waals surface area contributed by atoms with Gasteiger partial charge in [0.25, 0.3) is 0 Å². The first-order chi connectivity index (χ1) is 15.1. The summed E-state index contributed by atoms with van der Waals surface area (Å²) in [5.41, 5.74) is 5.21. The van der Waals surface area contributed by atoms with E-state index in [2.05, 4.69) is 70.6 Å². The van der Waals surface area contributed by atoms with Crippen molar-refractivity contribution in [2.24, 2.45) is 0 Å². The van der Waals surface area contributed by atoms with Gasteiger partial charge in [0, 0.05) is 50.7 Å². The van der Waals surface area contributed by atoms with Crippen molar-refractivity contribution in [1.82, 2.24) is 10.2 Å². The summed E-state index contributed by atoms with van der Waals surface area (Å²) in [7, 11) is 0. The fourth-order valence-corrected chi connectivity index (χ4v) is 5.70. The van der Waals surface area contributed by atoms with E-state index in [0.717, 1.165) is 58.8 Å². The minimum atomic E-state index is -0.141. The topological polar surface area (TPSA) is 44.8 Å². The van der Waals surface area contributed by atoms with Gasteiger partial charge in [-0.25, -0.2) is 0 Å². The minimum Gasteiger partial charge on any atom is -0.378 e. The lowest BCUT2D eigenvalue weighted by Crippen LogP contribution is -2.56. The lowest BCUT2D eigenvalue weighted by atomic mass is 9.76. The zero-order valence-electron chi connectivity index (χ0n) is 18.5. The average Bonchev–Trinajstić information content (AvgIpc) is 3.13. The van der Waals surface area contributed by atoms with Gasteiger partial charge in [0.15, 0.2) is 0 Å². The number of hydrogen-bond donors (Lipinski definition) is 1. The van der Waals surface area contributed by atoms with Gasteiger partial charge in [0.05, 0.1) is 18.8 Å². The van der Waals surface area contributed by atoms with Crippen LogP contribution in [-0.4, -0.2) is 55.7 Å². The second-order valence-electron chi connectivity index (χ2n) is 9.40. The van der Waals surface area contributed by atoms with Crippen LogP contribution in [0.25, 0.3) is 0 Å². The van der Waals surface area contributed by atoms with Gasteiger partial charge in [-0.15, -0.1) is 0 Å². The number of benzene rings is 2. The maximum Gasteiger partial charge on any atom is 0.220 e. The fourth-order valence-electron chi connectivity index (χ4n) is 5.70. The van der Waals surface area contributed by atoms with Crippen LogP contribution < -0.4 is 10.2 Å². The molecule has 5 nitrogen and oxygen atoms in total. The molecule has 0 radical (unpaired) electrons. The lowest BCUT2D eigenvalue weighted by molar-refractivity contribution is -0.125. The highest BCUT2D eigenvalue weighted by molar-refractivity contribution is 5.78. The SMILES string of the molecule is Cc1cc(N2CCOCC2)ccc1CN1C[C@@H](c2ccccc2)[C@@]2(CCCC(=O)N2)C1. The van der Waals surface area contributed by atoms with E-state index in [0.29, 0.717) is 12.3 Å². The Morgan fingerprint density at radius 3 is 2.68 bits per heavy atom. The molecule has 5 heteroatoms. The van der Waals surface area contributed by atoms with Crippen LogP contribution >= 0.6 is 0 Å². The second-order valence-corrected chi connectivity index (χ2v) is 9.40. The summed E-state index contributed by atoms with van der Waals surface area (Å²) in [5, 5.41) is 3.42. The first kappa shape index (κ1) is 20.5. The highest BCUT2D eigenvalue weighted by Gasteiger charge is 2.49. The number of anilines is 1. The summed E-state index contributed by atoms with van der Waals surface area (Å²) in [6.07, 6.45) is 2.70. The van der Waals surface area contributed by atoms with Gasteiger partial charge < -0.3 is 15.0 Å². The summed E-state index contributed by atoms with van der Waals surface area (Å²) in [4.78, 5) is 17.3. The number of nitrogens with zero attached hydrogens (tertiary/aromatic N) is 2. The van der Waals surface area contributed by atoms with E-state index in [4.69, 9.17) is 4.74 Å². The van der Waals surface area contributed by atoms with Crippen LogP contribution in [0.3, 0.4) is 0 Å². The van der Waals surface area contributed by atoms with E-state index < -0.39 is 0 Å². The molecule has 164 valence electrons.